The normalized spacial score (nSPS) is 18.6. The summed E-state index contributed by atoms with van der Waals surface area (Å²) in [6.07, 6.45) is 6.70. The lowest BCUT2D eigenvalue weighted by atomic mass is 9.99. The number of piperidine rings is 1. The Kier molecular flexibility index (Phi) is 5.93. The quantitative estimate of drug-likeness (QED) is 0.796. The summed E-state index contributed by atoms with van der Waals surface area (Å²) in [4.78, 5) is 16.5. The van der Waals surface area contributed by atoms with Crippen LogP contribution in [0.1, 0.15) is 18.4 Å². The molecule has 0 aliphatic carbocycles. The smallest absolute Gasteiger partial charge is 0.281 e. The number of imidazole rings is 1. The van der Waals surface area contributed by atoms with E-state index < -0.39 is 10.2 Å². The van der Waals surface area contributed by atoms with Gasteiger partial charge in [0.15, 0.2) is 0 Å². The van der Waals surface area contributed by atoms with E-state index in [-0.39, 0.29) is 18.4 Å². The first-order chi connectivity index (χ1) is 12.9. The van der Waals surface area contributed by atoms with Crippen LogP contribution < -0.4 is 5.32 Å². The summed E-state index contributed by atoms with van der Waals surface area (Å²) in [5.74, 6) is -0.425. The number of nitrogens with zero attached hydrogens (tertiary/aromatic N) is 4. The lowest BCUT2D eigenvalue weighted by Gasteiger charge is -2.32. The second kappa shape index (κ2) is 8.20. The zero-order valence-electron chi connectivity index (χ0n) is 15.6. The van der Waals surface area contributed by atoms with Crippen LogP contribution >= 0.6 is 0 Å². The van der Waals surface area contributed by atoms with Crippen LogP contribution in [0, 0.1) is 5.92 Å². The number of amides is 1. The van der Waals surface area contributed by atoms with E-state index in [1.807, 2.05) is 35.0 Å². The molecule has 1 aromatic heterocycles. The Morgan fingerprint density at radius 3 is 2.67 bits per heavy atom. The van der Waals surface area contributed by atoms with Gasteiger partial charge >= 0.3 is 0 Å². The molecule has 2 aromatic rings. The Balaban J connectivity index is 1.56. The molecule has 0 bridgehead atoms. The third-order valence-corrected chi connectivity index (χ3v) is 6.66. The minimum Gasteiger partial charge on any atom is -0.352 e. The number of carbonyl (C=O) groups is 1. The molecule has 1 amide bonds. The van der Waals surface area contributed by atoms with Crippen molar-refractivity contribution >= 4 is 16.1 Å². The van der Waals surface area contributed by atoms with Crippen molar-refractivity contribution in [1.82, 2.24) is 23.5 Å². The molecule has 1 aliphatic rings. The molecular formula is C18H25N5O3S. The van der Waals surface area contributed by atoms with Crippen molar-refractivity contribution in [3.05, 3.63) is 48.5 Å². The van der Waals surface area contributed by atoms with Crippen molar-refractivity contribution in [3.8, 4) is 5.69 Å². The topological polar surface area (TPSA) is 87.5 Å². The molecule has 2 heterocycles. The Hall–Kier alpha value is -2.23. The minimum atomic E-state index is -3.48. The van der Waals surface area contributed by atoms with E-state index in [1.54, 1.807) is 12.5 Å². The SMILES string of the molecule is CN(C)S(=O)(=O)N1CCC[C@H](C(=O)NCc2ccc(-n3ccnc3)cc2)C1. The second-order valence-corrected chi connectivity index (χ2v) is 8.98. The highest BCUT2D eigenvalue weighted by atomic mass is 32.2. The van der Waals surface area contributed by atoms with Crippen molar-refractivity contribution in [3.63, 3.8) is 0 Å². The predicted molar refractivity (Wildman–Crippen MR) is 102 cm³/mol. The molecule has 1 atom stereocenters. The van der Waals surface area contributed by atoms with E-state index in [0.717, 1.165) is 11.3 Å². The van der Waals surface area contributed by atoms with E-state index >= 15 is 0 Å². The Morgan fingerprint density at radius 2 is 2.04 bits per heavy atom. The number of aromatic nitrogens is 2. The highest BCUT2D eigenvalue weighted by Crippen LogP contribution is 2.20. The van der Waals surface area contributed by atoms with Crippen molar-refractivity contribution in [2.75, 3.05) is 27.2 Å². The molecule has 0 unspecified atom stereocenters. The van der Waals surface area contributed by atoms with Gasteiger partial charge in [0.1, 0.15) is 0 Å². The van der Waals surface area contributed by atoms with Gasteiger partial charge in [-0.15, -0.1) is 0 Å². The summed E-state index contributed by atoms with van der Waals surface area (Å²) < 4.78 is 29.0. The zero-order chi connectivity index (χ0) is 19.4. The average Bonchev–Trinajstić information content (AvgIpc) is 3.21. The summed E-state index contributed by atoms with van der Waals surface area (Å²) in [6.45, 7) is 1.10. The molecule has 1 saturated heterocycles. The molecule has 146 valence electrons. The van der Waals surface area contributed by atoms with E-state index in [1.165, 1.54) is 22.7 Å². The molecule has 1 fully saturated rings. The largest absolute Gasteiger partial charge is 0.352 e. The maximum atomic E-state index is 12.5. The first-order valence-electron chi connectivity index (χ1n) is 8.90. The maximum Gasteiger partial charge on any atom is 0.281 e. The van der Waals surface area contributed by atoms with E-state index in [4.69, 9.17) is 0 Å². The van der Waals surface area contributed by atoms with Crippen LogP contribution in [-0.4, -0.2) is 59.7 Å². The average molecular weight is 391 g/mol. The van der Waals surface area contributed by atoms with Crippen LogP contribution in [0.5, 0.6) is 0 Å². The molecule has 1 N–H and O–H groups in total. The highest BCUT2D eigenvalue weighted by Gasteiger charge is 2.33. The van der Waals surface area contributed by atoms with Crippen LogP contribution in [-0.2, 0) is 21.5 Å². The van der Waals surface area contributed by atoms with Gasteiger partial charge in [-0.3, -0.25) is 4.79 Å². The summed E-state index contributed by atoms with van der Waals surface area (Å²) in [5, 5.41) is 2.93. The number of carbonyl (C=O) groups excluding carboxylic acids is 1. The van der Waals surface area contributed by atoms with Gasteiger partial charge in [0.05, 0.1) is 12.2 Å². The van der Waals surface area contributed by atoms with Gasteiger partial charge in [-0.2, -0.15) is 17.0 Å². The molecule has 27 heavy (non-hydrogen) atoms. The Morgan fingerprint density at radius 1 is 1.30 bits per heavy atom. The molecule has 1 aliphatic heterocycles. The van der Waals surface area contributed by atoms with Crippen LogP contribution in [0.2, 0.25) is 0 Å². The van der Waals surface area contributed by atoms with Crippen LogP contribution in [0.25, 0.3) is 5.69 Å². The third kappa shape index (κ3) is 4.55. The zero-order valence-corrected chi connectivity index (χ0v) is 16.4. The lowest BCUT2D eigenvalue weighted by molar-refractivity contribution is -0.126. The fourth-order valence-electron chi connectivity index (χ4n) is 3.13. The number of benzene rings is 1. The van der Waals surface area contributed by atoms with Crippen molar-refractivity contribution in [2.45, 2.75) is 19.4 Å². The third-order valence-electron chi connectivity index (χ3n) is 4.75. The Labute approximate surface area is 160 Å². The van der Waals surface area contributed by atoms with Crippen molar-refractivity contribution in [2.24, 2.45) is 5.92 Å². The van der Waals surface area contributed by atoms with Gasteiger partial charge in [0, 0.05) is 51.8 Å². The molecule has 0 spiro atoms. The van der Waals surface area contributed by atoms with Gasteiger partial charge in [-0.05, 0) is 30.5 Å². The number of rotatable bonds is 6. The molecule has 8 nitrogen and oxygen atoms in total. The van der Waals surface area contributed by atoms with E-state index in [0.29, 0.717) is 25.9 Å². The van der Waals surface area contributed by atoms with Crippen molar-refractivity contribution < 1.29 is 13.2 Å². The second-order valence-electron chi connectivity index (χ2n) is 6.84. The standard InChI is InChI=1S/C18H25N5O3S/c1-21(2)27(25,26)23-10-3-4-16(13-23)18(24)20-12-15-5-7-17(8-6-15)22-11-9-19-14-22/h5-9,11,14,16H,3-4,10,12-13H2,1-2H3,(H,20,24)/t16-/m0/s1. The van der Waals surface area contributed by atoms with Gasteiger partial charge in [0.25, 0.3) is 10.2 Å². The van der Waals surface area contributed by atoms with Crippen molar-refractivity contribution in [1.29, 1.82) is 0 Å². The lowest BCUT2D eigenvalue weighted by Crippen LogP contribution is -2.48. The summed E-state index contributed by atoms with van der Waals surface area (Å²) >= 11 is 0. The molecular weight excluding hydrogens is 366 g/mol. The van der Waals surface area contributed by atoms with Gasteiger partial charge in [-0.1, -0.05) is 12.1 Å². The van der Waals surface area contributed by atoms with Gasteiger partial charge in [0.2, 0.25) is 5.91 Å². The summed E-state index contributed by atoms with van der Waals surface area (Å²) in [7, 11) is -0.468. The number of nitrogens with one attached hydrogen (secondary N) is 1. The summed E-state index contributed by atoms with van der Waals surface area (Å²) in [6, 6.07) is 7.85. The van der Waals surface area contributed by atoms with E-state index in [2.05, 4.69) is 10.3 Å². The molecule has 0 saturated carbocycles. The first-order valence-corrected chi connectivity index (χ1v) is 10.3. The van der Waals surface area contributed by atoms with Gasteiger partial charge in [-0.25, -0.2) is 4.98 Å². The molecule has 1 aromatic carbocycles. The van der Waals surface area contributed by atoms with Crippen LogP contribution in [0.15, 0.2) is 43.0 Å². The van der Waals surface area contributed by atoms with Gasteiger partial charge < -0.3 is 9.88 Å². The fraction of sp³-hybridized carbons (Fsp3) is 0.444. The van der Waals surface area contributed by atoms with E-state index in [9.17, 15) is 13.2 Å². The highest BCUT2D eigenvalue weighted by molar-refractivity contribution is 7.86. The maximum absolute atomic E-state index is 12.5. The Bertz CT molecular complexity index is 863. The van der Waals surface area contributed by atoms with Crippen LogP contribution in [0.4, 0.5) is 0 Å². The number of hydrogen-bond acceptors (Lipinski definition) is 4. The van der Waals surface area contributed by atoms with Crippen LogP contribution in [0.3, 0.4) is 0 Å². The minimum absolute atomic E-state index is 0.104. The summed E-state index contributed by atoms with van der Waals surface area (Å²) in [5.41, 5.74) is 1.99. The number of hydrogen-bond donors (Lipinski definition) is 1. The monoisotopic (exact) mass is 391 g/mol. The molecule has 9 heteroatoms. The molecule has 3 rings (SSSR count). The molecule has 0 radical (unpaired) electrons. The predicted octanol–water partition coefficient (Wildman–Crippen LogP) is 1.01. The fourth-order valence-corrected chi connectivity index (χ4v) is 4.32. The first kappa shape index (κ1) is 19.5.